The van der Waals surface area contributed by atoms with E-state index in [1.807, 2.05) is 55.5 Å². The van der Waals surface area contributed by atoms with Crippen molar-refractivity contribution in [2.75, 3.05) is 13.2 Å². The molecule has 2 aromatic carbocycles. The predicted octanol–water partition coefficient (Wildman–Crippen LogP) is 2.93. The van der Waals surface area contributed by atoms with E-state index in [0.29, 0.717) is 5.56 Å². The summed E-state index contributed by atoms with van der Waals surface area (Å²) in [5.74, 6) is -0.203. The maximum atomic E-state index is 12.4. The van der Waals surface area contributed by atoms with E-state index < -0.39 is 0 Å². The van der Waals surface area contributed by atoms with Crippen LogP contribution in [0.3, 0.4) is 0 Å². The van der Waals surface area contributed by atoms with Gasteiger partial charge in [-0.2, -0.15) is 0 Å². The Morgan fingerprint density at radius 3 is 2.61 bits per heavy atom. The van der Waals surface area contributed by atoms with Crippen LogP contribution in [0.1, 0.15) is 15.9 Å². The second-order valence-corrected chi connectivity index (χ2v) is 5.42. The van der Waals surface area contributed by atoms with Crippen LogP contribution in [0.25, 0.3) is 22.2 Å². The van der Waals surface area contributed by atoms with Crippen molar-refractivity contribution in [1.82, 2.24) is 10.3 Å². The lowest BCUT2D eigenvalue weighted by molar-refractivity contribution is 0.0946. The molecule has 23 heavy (non-hydrogen) atoms. The van der Waals surface area contributed by atoms with Crippen molar-refractivity contribution in [1.29, 1.82) is 0 Å². The number of nitrogens with one attached hydrogen (secondary N) is 1. The highest BCUT2D eigenvalue weighted by atomic mass is 16.3. The molecule has 0 saturated carbocycles. The van der Waals surface area contributed by atoms with E-state index in [1.165, 1.54) is 5.56 Å². The van der Waals surface area contributed by atoms with Crippen LogP contribution in [0.5, 0.6) is 0 Å². The molecule has 4 heteroatoms. The highest BCUT2D eigenvalue weighted by Crippen LogP contribution is 2.25. The van der Waals surface area contributed by atoms with Crippen LogP contribution < -0.4 is 5.32 Å². The summed E-state index contributed by atoms with van der Waals surface area (Å²) >= 11 is 0. The molecule has 116 valence electrons. The van der Waals surface area contributed by atoms with Crippen LogP contribution in [0.4, 0.5) is 0 Å². The van der Waals surface area contributed by atoms with Gasteiger partial charge in [0.15, 0.2) is 0 Å². The quantitative estimate of drug-likeness (QED) is 0.779. The van der Waals surface area contributed by atoms with E-state index in [2.05, 4.69) is 10.3 Å². The van der Waals surface area contributed by atoms with E-state index in [1.54, 1.807) is 6.07 Å². The van der Waals surface area contributed by atoms with E-state index in [0.717, 1.165) is 22.2 Å². The Balaban J connectivity index is 2.13. The molecule has 4 nitrogen and oxygen atoms in total. The minimum atomic E-state index is -0.203. The first-order chi connectivity index (χ1) is 11.2. The van der Waals surface area contributed by atoms with Gasteiger partial charge >= 0.3 is 0 Å². The Morgan fingerprint density at radius 1 is 1.13 bits per heavy atom. The highest BCUT2D eigenvalue weighted by molar-refractivity contribution is 6.07. The van der Waals surface area contributed by atoms with Crippen LogP contribution in [-0.2, 0) is 0 Å². The molecule has 0 fully saturated rings. The van der Waals surface area contributed by atoms with E-state index >= 15 is 0 Å². The molecule has 1 aromatic heterocycles. The molecule has 2 N–H and O–H groups in total. The van der Waals surface area contributed by atoms with Crippen LogP contribution in [0.15, 0.2) is 54.6 Å². The van der Waals surface area contributed by atoms with Crippen LogP contribution >= 0.6 is 0 Å². The van der Waals surface area contributed by atoms with Crippen molar-refractivity contribution >= 4 is 16.8 Å². The van der Waals surface area contributed by atoms with E-state index in [4.69, 9.17) is 5.11 Å². The molecule has 1 amide bonds. The fourth-order valence-corrected chi connectivity index (χ4v) is 2.50. The first-order valence-corrected chi connectivity index (χ1v) is 7.55. The Bertz CT molecular complexity index is 842. The zero-order valence-electron chi connectivity index (χ0n) is 12.9. The number of hydrogen-bond donors (Lipinski definition) is 2. The molecule has 0 aliphatic rings. The molecule has 0 radical (unpaired) electrons. The third-order valence-electron chi connectivity index (χ3n) is 3.71. The van der Waals surface area contributed by atoms with Crippen molar-refractivity contribution in [3.63, 3.8) is 0 Å². The van der Waals surface area contributed by atoms with Crippen molar-refractivity contribution < 1.29 is 9.90 Å². The molecule has 0 unspecified atom stereocenters. The number of para-hydroxylation sites is 1. The Kier molecular flexibility index (Phi) is 4.35. The summed E-state index contributed by atoms with van der Waals surface area (Å²) in [5, 5.41) is 12.4. The summed E-state index contributed by atoms with van der Waals surface area (Å²) < 4.78 is 0. The van der Waals surface area contributed by atoms with Gasteiger partial charge in [-0.25, -0.2) is 4.98 Å². The van der Waals surface area contributed by atoms with Gasteiger partial charge in [-0.15, -0.1) is 0 Å². The maximum absolute atomic E-state index is 12.4. The number of aromatic nitrogens is 1. The van der Waals surface area contributed by atoms with Crippen molar-refractivity contribution in [2.45, 2.75) is 6.92 Å². The van der Waals surface area contributed by atoms with Crippen LogP contribution in [0.2, 0.25) is 0 Å². The Labute approximate surface area is 134 Å². The first kappa shape index (κ1) is 15.2. The molecule has 3 aromatic rings. The van der Waals surface area contributed by atoms with E-state index in [9.17, 15) is 4.79 Å². The summed E-state index contributed by atoms with van der Waals surface area (Å²) in [6.45, 7) is 2.18. The minimum Gasteiger partial charge on any atom is -0.395 e. The number of aryl methyl sites for hydroxylation is 1. The summed E-state index contributed by atoms with van der Waals surface area (Å²) in [6, 6.07) is 17.4. The maximum Gasteiger partial charge on any atom is 0.252 e. The normalized spacial score (nSPS) is 10.7. The number of nitrogens with zero attached hydrogens (tertiary/aromatic N) is 1. The number of pyridine rings is 1. The standard InChI is InChI=1S/C19H18N2O2/c1-13-6-8-14(9-7-13)18-12-16(19(23)20-10-11-22)15-4-2-3-5-17(15)21-18/h2-9,12,22H,10-11H2,1H3,(H,20,23). The average molecular weight is 306 g/mol. The van der Waals surface area contributed by atoms with Crippen molar-refractivity contribution in [3.8, 4) is 11.3 Å². The zero-order chi connectivity index (χ0) is 16.2. The van der Waals surface area contributed by atoms with Gasteiger partial charge < -0.3 is 10.4 Å². The number of fused-ring (bicyclic) bond motifs is 1. The van der Waals surface area contributed by atoms with Crippen LogP contribution in [-0.4, -0.2) is 29.1 Å². The third kappa shape index (κ3) is 3.22. The number of benzene rings is 2. The molecule has 0 atom stereocenters. The number of carbonyl (C=O) groups excluding carboxylic acids is 1. The first-order valence-electron chi connectivity index (χ1n) is 7.55. The molecule has 0 saturated heterocycles. The molecule has 1 heterocycles. The van der Waals surface area contributed by atoms with Gasteiger partial charge in [-0.3, -0.25) is 4.79 Å². The van der Waals surface area contributed by atoms with Gasteiger partial charge in [-0.05, 0) is 19.1 Å². The average Bonchev–Trinajstić information content (AvgIpc) is 2.59. The zero-order valence-corrected chi connectivity index (χ0v) is 12.9. The second-order valence-electron chi connectivity index (χ2n) is 5.42. The third-order valence-corrected chi connectivity index (χ3v) is 3.71. The van der Waals surface area contributed by atoms with Gasteiger partial charge in [-0.1, -0.05) is 48.0 Å². The number of aliphatic hydroxyl groups is 1. The topological polar surface area (TPSA) is 62.2 Å². The van der Waals surface area contributed by atoms with Gasteiger partial charge in [0.2, 0.25) is 0 Å². The molecule has 0 bridgehead atoms. The minimum absolute atomic E-state index is 0.0838. The number of aliphatic hydroxyl groups excluding tert-OH is 1. The molecule has 0 aliphatic heterocycles. The summed E-state index contributed by atoms with van der Waals surface area (Å²) in [4.78, 5) is 17.1. The van der Waals surface area contributed by atoms with Crippen LogP contribution in [0, 0.1) is 6.92 Å². The molecule has 3 rings (SSSR count). The molecule has 0 aliphatic carbocycles. The van der Waals surface area contributed by atoms with Crippen molar-refractivity contribution in [3.05, 3.63) is 65.7 Å². The number of carbonyl (C=O) groups is 1. The summed E-state index contributed by atoms with van der Waals surface area (Å²) in [5.41, 5.74) is 4.25. The molecule has 0 spiro atoms. The van der Waals surface area contributed by atoms with E-state index in [-0.39, 0.29) is 19.1 Å². The lowest BCUT2D eigenvalue weighted by atomic mass is 10.0. The SMILES string of the molecule is Cc1ccc(-c2cc(C(=O)NCCO)c3ccccc3n2)cc1. The summed E-state index contributed by atoms with van der Waals surface area (Å²) in [7, 11) is 0. The predicted molar refractivity (Wildman–Crippen MR) is 91.3 cm³/mol. The Hall–Kier alpha value is -2.72. The number of hydrogen-bond acceptors (Lipinski definition) is 3. The smallest absolute Gasteiger partial charge is 0.252 e. The Morgan fingerprint density at radius 2 is 1.87 bits per heavy atom. The lowest BCUT2D eigenvalue weighted by Crippen LogP contribution is -2.26. The highest BCUT2D eigenvalue weighted by Gasteiger charge is 2.13. The van der Waals surface area contributed by atoms with Crippen molar-refractivity contribution in [2.24, 2.45) is 0 Å². The fraction of sp³-hybridized carbons (Fsp3) is 0.158. The molecular formula is C19H18N2O2. The number of amides is 1. The lowest BCUT2D eigenvalue weighted by Gasteiger charge is -2.10. The van der Waals surface area contributed by atoms with Gasteiger partial charge in [0.25, 0.3) is 5.91 Å². The molecular weight excluding hydrogens is 288 g/mol. The van der Waals surface area contributed by atoms with Gasteiger partial charge in [0, 0.05) is 17.5 Å². The second kappa shape index (κ2) is 6.58. The van der Waals surface area contributed by atoms with Gasteiger partial charge in [0.1, 0.15) is 0 Å². The summed E-state index contributed by atoms with van der Waals surface area (Å²) in [6.07, 6.45) is 0. The monoisotopic (exact) mass is 306 g/mol. The largest absolute Gasteiger partial charge is 0.395 e. The van der Waals surface area contributed by atoms with Gasteiger partial charge in [0.05, 0.1) is 23.4 Å². The number of rotatable bonds is 4. The fourth-order valence-electron chi connectivity index (χ4n) is 2.50.